The summed E-state index contributed by atoms with van der Waals surface area (Å²) in [4.78, 5) is 3.03. The van der Waals surface area contributed by atoms with Crippen LogP contribution in [0.4, 0.5) is 0 Å². The fourth-order valence-electron chi connectivity index (χ4n) is 1.04. The molecule has 1 aromatic heterocycles. The Morgan fingerprint density at radius 1 is 1.75 bits per heavy atom. The van der Waals surface area contributed by atoms with Crippen molar-refractivity contribution in [2.24, 2.45) is 0 Å². The topological polar surface area (TPSA) is 20.7 Å². The van der Waals surface area contributed by atoms with E-state index in [4.69, 9.17) is 12.2 Å². The summed E-state index contributed by atoms with van der Waals surface area (Å²) in [5, 5.41) is 0.617. The van der Waals surface area contributed by atoms with E-state index in [1.54, 1.807) is 0 Å². The molecule has 1 heterocycles. The molecule has 0 saturated carbocycles. The molecular weight excluding hydrogens is 188 g/mol. The minimum Gasteiger partial charge on any atom is -0.337 e. The Kier molecular flexibility index (Phi) is 3.40. The van der Waals surface area contributed by atoms with Crippen LogP contribution in [-0.4, -0.2) is 21.1 Å². The molecule has 0 fully saturated rings. The van der Waals surface area contributed by atoms with Crippen LogP contribution >= 0.6 is 24.0 Å². The van der Waals surface area contributed by atoms with Crippen LogP contribution in [0.25, 0.3) is 0 Å². The van der Waals surface area contributed by atoms with Crippen molar-refractivity contribution in [3.05, 3.63) is 16.7 Å². The van der Waals surface area contributed by atoms with E-state index in [9.17, 15) is 0 Å². The van der Waals surface area contributed by atoms with E-state index in [-0.39, 0.29) is 0 Å². The van der Waals surface area contributed by atoms with Gasteiger partial charge in [0.25, 0.3) is 0 Å². The average Bonchev–Trinajstić information content (AvgIpc) is 2.35. The molecule has 2 nitrogen and oxygen atoms in total. The molecule has 1 unspecified atom stereocenters. The van der Waals surface area contributed by atoms with Crippen molar-refractivity contribution in [1.82, 2.24) is 9.55 Å². The van der Waals surface area contributed by atoms with E-state index >= 15 is 0 Å². The number of nitrogens with one attached hydrogen (secondary N) is 1. The Morgan fingerprint density at radius 2 is 2.42 bits per heavy atom. The SMILES string of the molecule is CSC(C)Cn1c(C)c[nH]c1=S. The van der Waals surface area contributed by atoms with E-state index in [1.165, 1.54) is 5.69 Å². The van der Waals surface area contributed by atoms with Gasteiger partial charge in [0, 0.05) is 23.7 Å². The van der Waals surface area contributed by atoms with Crippen LogP contribution in [0.3, 0.4) is 0 Å². The van der Waals surface area contributed by atoms with E-state index in [0.29, 0.717) is 5.25 Å². The number of H-pyrrole nitrogens is 1. The van der Waals surface area contributed by atoms with Crippen molar-refractivity contribution in [2.45, 2.75) is 25.6 Å². The molecule has 0 aliphatic carbocycles. The lowest BCUT2D eigenvalue weighted by molar-refractivity contribution is 0.666. The molecule has 0 aliphatic heterocycles. The second-order valence-corrected chi connectivity index (χ2v) is 4.55. The summed E-state index contributed by atoms with van der Waals surface area (Å²) in [6.07, 6.45) is 4.08. The quantitative estimate of drug-likeness (QED) is 0.761. The second kappa shape index (κ2) is 4.14. The lowest BCUT2D eigenvalue weighted by Crippen LogP contribution is -2.10. The van der Waals surface area contributed by atoms with Gasteiger partial charge in [0.2, 0.25) is 0 Å². The maximum Gasteiger partial charge on any atom is 0.177 e. The molecule has 0 aromatic carbocycles. The van der Waals surface area contributed by atoms with Crippen LogP contribution in [0.2, 0.25) is 0 Å². The third-order valence-corrected chi connectivity index (χ3v) is 3.21. The molecule has 0 aliphatic rings. The third-order valence-electron chi connectivity index (χ3n) is 1.92. The molecule has 0 radical (unpaired) electrons. The number of aromatic amines is 1. The van der Waals surface area contributed by atoms with Gasteiger partial charge in [0.05, 0.1) is 0 Å². The summed E-state index contributed by atoms with van der Waals surface area (Å²) in [7, 11) is 0. The van der Waals surface area contributed by atoms with Crippen molar-refractivity contribution < 1.29 is 0 Å². The Labute approximate surface area is 82.4 Å². The number of rotatable bonds is 3. The monoisotopic (exact) mass is 202 g/mol. The molecule has 68 valence electrons. The zero-order chi connectivity index (χ0) is 9.14. The summed E-state index contributed by atoms with van der Waals surface area (Å²) in [5.41, 5.74) is 1.21. The molecule has 0 amide bonds. The fraction of sp³-hybridized carbons (Fsp3) is 0.625. The molecule has 1 N–H and O–H groups in total. The van der Waals surface area contributed by atoms with Gasteiger partial charge in [-0.3, -0.25) is 0 Å². The van der Waals surface area contributed by atoms with Crippen molar-refractivity contribution in [1.29, 1.82) is 0 Å². The largest absolute Gasteiger partial charge is 0.337 e. The van der Waals surface area contributed by atoms with E-state index in [1.807, 2.05) is 18.0 Å². The Bertz CT molecular complexity index is 300. The Morgan fingerprint density at radius 3 is 2.83 bits per heavy atom. The summed E-state index contributed by atoms with van der Waals surface area (Å²) < 4.78 is 2.96. The summed E-state index contributed by atoms with van der Waals surface area (Å²) in [6, 6.07) is 0. The first-order valence-corrected chi connectivity index (χ1v) is 5.62. The molecular formula is C8H14N2S2. The Balaban J connectivity index is 2.81. The van der Waals surface area contributed by atoms with Crippen LogP contribution in [0.1, 0.15) is 12.6 Å². The van der Waals surface area contributed by atoms with E-state index in [0.717, 1.165) is 11.3 Å². The van der Waals surface area contributed by atoms with Crippen LogP contribution in [0, 0.1) is 11.7 Å². The van der Waals surface area contributed by atoms with Crippen LogP contribution < -0.4 is 0 Å². The van der Waals surface area contributed by atoms with Crippen LogP contribution in [-0.2, 0) is 6.54 Å². The number of thioether (sulfide) groups is 1. The number of nitrogens with zero attached hydrogens (tertiary/aromatic N) is 1. The maximum atomic E-state index is 5.14. The normalized spacial score (nSPS) is 13.2. The minimum absolute atomic E-state index is 0.617. The molecule has 1 aromatic rings. The molecule has 4 heteroatoms. The van der Waals surface area contributed by atoms with Gasteiger partial charge in [-0.1, -0.05) is 6.92 Å². The molecule has 0 bridgehead atoms. The first kappa shape index (κ1) is 9.86. The van der Waals surface area contributed by atoms with Crippen LogP contribution in [0.5, 0.6) is 0 Å². The molecule has 0 spiro atoms. The number of imidazole rings is 1. The van der Waals surface area contributed by atoms with Gasteiger partial charge in [-0.05, 0) is 25.4 Å². The van der Waals surface area contributed by atoms with Crippen molar-refractivity contribution in [2.75, 3.05) is 6.26 Å². The van der Waals surface area contributed by atoms with Crippen LogP contribution in [0.15, 0.2) is 6.20 Å². The highest BCUT2D eigenvalue weighted by Crippen LogP contribution is 2.10. The smallest absolute Gasteiger partial charge is 0.177 e. The number of aryl methyl sites for hydroxylation is 1. The minimum atomic E-state index is 0.617. The lowest BCUT2D eigenvalue weighted by atomic mass is 10.4. The highest BCUT2D eigenvalue weighted by atomic mass is 32.2. The number of hydrogen-bond donors (Lipinski definition) is 1. The predicted octanol–water partition coefficient (Wildman–Crippen LogP) is 2.61. The van der Waals surface area contributed by atoms with Gasteiger partial charge in [-0.25, -0.2) is 0 Å². The van der Waals surface area contributed by atoms with Gasteiger partial charge >= 0.3 is 0 Å². The molecule has 1 atom stereocenters. The first-order chi connectivity index (χ1) is 5.65. The van der Waals surface area contributed by atoms with Gasteiger partial charge < -0.3 is 9.55 Å². The summed E-state index contributed by atoms with van der Waals surface area (Å²) in [5.74, 6) is 0. The fourth-order valence-corrected chi connectivity index (χ4v) is 1.62. The van der Waals surface area contributed by atoms with Gasteiger partial charge in [0.15, 0.2) is 4.77 Å². The molecule has 12 heavy (non-hydrogen) atoms. The molecule has 0 saturated heterocycles. The second-order valence-electron chi connectivity index (χ2n) is 2.89. The maximum absolute atomic E-state index is 5.14. The predicted molar refractivity (Wildman–Crippen MR) is 57.3 cm³/mol. The van der Waals surface area contributed by atoms with Gasteiger partial charge in [-0.2, -0.15) is 11.8 Å². The molecule has 1 rings (SSSR count). The summed E-state index contributed by atoms with van der Waals surface area (Å²) >= 11 is 7.00. The van der Waals surface area contributed by atoms with Crippen molar-refractivity contribution in [3.8, 4) is 0 Å². The number of hydrogen-bond acceptors (Lipinski definition) is 2. The number of aromatic nitrogens is 2. The average molecular weight is 202 g/mol. The first-order valence-electron chi connectivity index (χ1n) is 3.92. The third kappa shape index (κ3) is 2.14. The Hall–Kier alpha value is -0.220. The zero-order valence-electron chi connectivity index (χ0n) is 7.63. The van der Waals surface area contributed by atoms with Gasteiger partial charge in [0.1, 0.15) is 0 Å². The van der Waals surface area contributed by atoms with E-state index in [2.05, 4.69) is 29.7 Å². The highest BCUT2D eigenvalue weighted by Gasteiger charge is 2.03. The van der Waals surface area contributed by atoms with Crippen molar-refractivity contribution in [3.63, 3.8) is 0 Å². The van der Waals surface area contributed by atoms with E-state index < -0.39 is 0 Å². The van der Waals surface area contributed by atoms with Crippen molar-refractivity contribution >= 4 is 24.0 Å². The van der Waals surface area contributed by atoms with Gasteiger partial charge in [-0.15, -0.1) is 0 Å². The standard InChI is InChI=1S/C8H14N2S2/c1-6-4-9-8(11)10(6)5-7(2)12-3/h4,7H,5H2,1-3H3,(H,9,11). The summed E-state index contributed by atoms with van der Waals surface area (Å²) in [6.45, 7) is 5.27. The highest BCUT2D eigenvalue weighted by molar-refractivity contribution is 7.99. The lowest BCUT2D eigenvalue weighted by Gasteiger charge is -2.10. The zero-order valence-corrected chi connectivity index (χ0v) is 9.26.